The Morgan fingerprint density at radius 2 is 1.85 bits per heavy atom. The molecule has 2 atom stereocenters. The van der Waals surface area contributed by atoms with Gasteiger partial charge in [0.25, 0.3) is 0 Å². The zero-order chi connectivity index (χ0) is 10.6. The highest BCUT2D eigenvalue weighted by Gasteiger charge is 2.24. The Bertz CT molecular complexity index is 189. The number of esters is 1. The van der Waals surface area contributed by atoms with E-state index < -0.39 is 5.60 Å². The topological polar surface area (TPSA) is 26.3 Å². The maximum atomic E-state index is 11.5. The Kier molecular flexibility index (Phi) is 4.18. The highest BCUT2D eigenvalue weighted by atomic mass is 16.6. The van der Waals surface area contributed by atoms with Crippen LogP contribution in [0.25, 0.3) is 0 Å². The number of carbonyl (C=O) groups is 1. The fraction of sp³-hybridized carbons (Fsp3) is 0.727. The summed E-state index contributed by atoms with van der Waals surface area (Å²) in [6.45, 7) is 13.1. The van der Waals surface area contributed by atoms with Crippen molar-refractivity contribution in [3.05, 3.63) is 12.7 Å². The monoisotopic (exact) mass is 184 g/mol. The lowest BCUT2D eigenvalue weighted by Gasteiger charge is -2.23. The highest BCUT2D eigenvalue weighted by Crippen LogP contribution is 2.17. The first-order chi connectivity index (χ1) is 5.78. The molecule has 0 fully saturated rings. The van der Waals surface area contributed by atoms with Gasteiger partial charge < -0.3 is 4.74 Å². The molecule has 13 heavy (non-hydrogen) atoms. The Labute approximate surface area is 81.0 Å². The first-order valence-electron chi connectivity index (χ1n) is 4.63. The van der Waals surface area contributed by atoms with Gasteiger partial charge in [-0.3, -0.25) is 4.79 Å². The lowest BCUT2D eigenvalue weighted by Crippen LogP contribution is -2.29. The Balaban J connectivity index is 4.19. The number of allylic oxidation sites excluding steroid dienone is 1. The van der Waals surface area contributed by atoms with Crippen LogP contribution in [0, 0.1) is 11.8 Å². The van der Waals surface area contributed by atoms with Crippen LogP contribution < -0.4 is 0 Å². The molecule has 0 aromatic rings. The van der Waals surface area contributed by atoms with Crippen molar-refractivity contribution in [3.63, 3.8) is 0 Å². The zero-order valence-corrected chi connectivity index (χ0v) is 9.26. The summed E-state index contributed by atoms with van der Waals surface area (Å²) >= 11 is 0. The van der Waals surface area contributed by atoms with Crippen molar-refractivity contribution in [1.29, 1.82) is 0 Å². The molecule has 0 heterocycles. The van der Waals surface area contributed by atoms with Crippen LogP contribution in [0.2, 0.25) is 0 Å². The van der Waals surface area contributed by atoms with E-state index in [1.54, 1.807) is 6.08 Å². The predicted octanol–water partition coefficient (Wildman–Crippen LogP) is 2.79. The minimum Gasteiger partial charge on any atom is -0.460 e. The van der Waals surface area contributed by atoms with Crippen molar-refractivity contribution in [2.24, 2.45) is 11.8 Å². The number of rotatable bonds is 3. The van der Waals surface area contributed by atoms with E-state index in [2.05, 4.69) is 6.58 Å². The third-order valence-corrected chi connectivity index (χ3v) is 1.94. The fourth-order valence-corrected chi connectivity index (χ4v) is 0.813. The van der Waals surface area contributed by atoms with Gasteiger partial charge in [-0.15, -0.1) is 6.58 Å². The van der Waals surface area contributed by atoms with Crippen LogP contribution in [-0.2, 0) is 9.53 Å². The lowest BCUT2D eigenvalue weighted by molar-refractivity contribution is -0.160. The second kappa shape index (κ2) is 4.45. The highest BCUT2D eigenvalue weighted by molar-refractivity contribution is 5.73. The van der Waals surface area contributed by atoms with Gasteiger partial charge in [0.1, 0.15) is 5.60 Å². The first kappa shape index (κ1) is 12.2. The number of hydrogen-bond donors (Lipinski definition) is 0. The molecule has 2 nitrogen and oxygen atoms in total. The molecule has 0 aliphatic carbocycles. The lowest BCUT2D eigenvalue weighted by atomic mass is 9.96. The van der Waals surface area contributed by atoms with Gasteiger partial charge in [-0.25, -0.2) is 0 Å². The first-order valence-corrected chi connectivity index (χ1v) is 4.63. The normalized spacial score (nSPS) is 16.1. The predicted molar refractivity (Wildman–Crippen MR) is 54.4 cm³/mol. The Hall–Kier alpha value is -0.790. The van der Waals surface area contributed by atoms with Crippen LogP contribution >= 0.6 is 0 Å². The summed E-state index contributed by atoms with van der Waals surface area (Å²) in [6, 6.07) is 0. The molecule has 0 radical (unpaired) electrons. The number of ether oxygens (including phenoxy) is 1. The summed E-state index contributed by atoms with van der Waals surface area (Å²) in [5.74, 6) is -0.105. The van der Waals surface area contributed by atoms with Gasteiger partial charge >= 0.3 is 5.97 Å². The number of carbonyl (C=O) groups excluding carboxylic acids is 1. The van der Waals surface area contributed by atoms with Crippen LogP contribution in [0.5, 0.6) is 0 Å². The summed E-state index contributed by atoms with van der Waals surface area (Å²) in [4.78, 5) is 11.5. The third kappa shape index (κ3) is 4.71. The summed E-state index contributed by atoms with van der Waals surface area (Å²) in [5.41, 5.74) is -0.397. The molecule has 0 spiro atoms. The molecule has 0 unspecified atom stereocenters. The van der Waals surface area contributed by atoms with Crippen molar-refractivity contribution in [3.8, 4) is 0 Å². The molecular formula is C11H20O2. The van der Waals surface area contributed by atoms with E-state index in [9.17, 15) is 4.79 Å². The van der Waals surface area contributed by atoms with Crippen LogP contribution in [0.4, 0.5) is 0 Å². The molecule has 0 amide bonds. The van der Waals surface area contributed by atoms with Crippen LogP contribution in [0.3, 0.4) is 0 Å². The summed E-state index contributed by atoms with van der Waals surface area (Å²) in [6.07, 6.45) is 1.77. The Morgan fingerprint density at radius 3 is 2.15 bits per heavy atom. The van der Waals surface area contributed by atoms with E-state index in [1.165, 1.54) is 0 Å². The molecule has 0 aromatic heterocycles. The maximum absolute atomic E-state index is 11.5. The molecule has 0 N–H and O–H groups in total. The van der Waals surface area contributed by atoms with E-state index in [4.69, 9.17) is 4.74 Å². The van der Waals surface area contributed by atoms with Crippen LogP contribution in [0.15, 0.2) is 12.7 Å². The SMILES string of the molecule is C=C[C@H](C)[C@H](C)C(=O)OC(C)(C)C. The van der Waals surface area contributed by atoms with Gasteiger partial charge in [0, 0.05) is 0 Å². The van der Waals surface area contributed by atoms with E-state index in [1.807, 2.05) is 34.6 Å². The molecule has 0 aliphatic heterocycles. The minimum absolute atomic E-state index is 0.114. The summed E-state index contributed by atoms with van der Waals surface area (Å²) in [7, 11) is 0. The maximum Gasteiger partial charge on any atom is 0.309 e. The molecule has 76 valence electrons. The molecule has 0 rings (SSSR count). The number of hydrogen-bond acceptors (Lipinski definition) is 2. The van der Waals surface area contributed by atoms with Crippen molar-refractivity contribution < 1.29 is 9.53 Å². The van der Waals surface area contributed by atoms with Gasteiger partial charge in [0.15, 0.2) is 0 Å². The second-order valence-electron chi connectivity index (χ2n) is 4.42. The summed E-state index contributed by atoms with van der Waals surface area (Å²) < 4.78 is 5.24. The quantitative estimate of drug-likeness (QED) is 0.498. The largest absolute Gasteiger partial charge is 0.460 e. The molecule has 0 aromatic carbocycles. The van der Waals surface area contributed by atoms with Crippen LogP contribution in [0.1, 0.15) is 34.6 Å². The minimum atomic E-state index is -0.397. The van der Waals surface area contributed by atoms with Crippen molar-refractivity contribution in [2.45, 2.75) is 40.2 Å². The van der Waals surface area contributed by atoms with Crippen molar-refractivity contribution >= 4 is 5.97 Å². The van der Waals surface area contributed by atoms with Crippen molar-refractivity contribution in [1.82, 2.24) is 0 Å². The average molecular weight is 184 g/mol. The zero-order valence-electron chi connectivity index (χ0n) is 9.26. The van der Waals surface area contributed by atoms with Crippen molar-refractivity contribution in [2.75, 3.05) is 0 Å². The van der Waals surface area contributed by atoms with Gasteiger partial charge in [0.2, 0.25) is 0 Å². The van der Waals surface area contributed by atoms with Gasteiger partial charge in [-0.2, -0.15) is 0 Å². The van der Waals surface area contributed by atoms with E-state index in [-0.39, 0.29) is 17.8 Å². The molecule has 0 aliphatic rings. The van der Waals surface area contributed by atoms with E-state index in [0.717, 1.165) is 0 Å². The molecule has 2 heteroatoms. The molecular weight excluding hydrogens is 164 g/mol. The average Bonchev–Trinajstić information content (AvgIpc) is 1.98. The Morgan fingerprint density at radius 1 is 1.38 bits per heavy atom. The van der Waals surface area contributed by atoms with Crippen LogP contribution in [-0.4, -0.2) is 11.6 Å². The van der Waals surface area contributed by atoms with Gasteiger partial charge in [-0.1, -0.05) is 19.9 Å². The van der Waals surface area contributed by atoms with E-state index in [0.29, 0.717) is 0 Å². The molecule has 0 saturated carbocycles. The van der Waals surface area contributed by atoms with Gasteiger partial charge in [0.05, 0.1) is 5.92 Å². The second-order valence-corrected chi connectivity index (χ2v) is 4.42. The fourth-order valence-electron chi connectivity index (χ4n) is 0.813. The van der Waals surface area contributed by atoms with Gasteiger partial charge in [-0.05, 0) is 26.7 Å². The smallest absolute Gasteiger partial charge is 0.309 e. The summed E-state index contributed by atoms with van der Waals surface area (Å²) in [5, 5.41) is 0. The molecule has 0 bridgehead atoms. The standard InChI is InChI=1S/C11H20O2/c1-7-8(2)9(3)10(12)13-11(4,5)6/h7-9H,1H2,2-6H3/t8-,9-/m0/s1. The third-order valence-electron chi connectivity index (χ3n) is 1.94. The van der Waals surface area contributed by atoms with E-state index >= 15 is 0 Å². The molecule has 0 saturated heterocycles.